The van der Waals surface area contributed by atoms with Gasteiger partial charge >= 0.3 is 0 Å². The first-order chi connectivity index (χ1) is 9.70. The van der Waals surface area contributed by atoms with Crippen LogP contribution >= 0.6 is 0 Å². The van der Waals surface area contributed by atoms with Crippen LogP contribution in [0.3, 0.4) is 0 Å². The van der Waals surface area contributed by atoms with Gasteiger partial charge in [0.15, 0.2) is 0 Å². The van der Waals surface area contributed by atoms with Crippen molar-refractivity contribution in [2.24, 2.45) is 5.73 Å². The second-order valence-electron chi connectivity index (χ2n) is 4.06. The molecule has 2 heterocycles. The Morgan fingerprint density at radius 3 is 3.05 bits per heavy atom. The number of aryl methyl sites for hydroxylation is 1. The molecule has 5 heteroatoms. The first kappa shape index (κ1) is 13.7. The molecule has 2 rings (SSSR count). The Balaban J connectivity index is 2.19. The fraction of sp³-hybridized carbons (Fsp3) is 0.133. The second-order valence-corrected chi connectivity index (χ2v) is 4.06. The van der Waals surface area contributed by atoms with E-state index in [2.05, 4.69) is 27.1 Å². The summed E-state index contributed by atoms with van der Waals surface area (Å²) in [6.45, 7) is 2.10. The number of nitrogens with zero attached hydrogens (tertiary/aromatic N) is 2. The number of anilines is 1. The third-order valence-electron chi connectivity index (χ3n) is 2.59. The molecule has 0 unspecified atom stereocenters. The molecule has 1 amide bonds. The van der Waals surface area contributed by atoms with E-state index < -0.39 is 0 Å². The molecule has 0 aromatic carbocycles. The maximum Gasteiger partial charge on any atom is 0.257 e. The summed E-state index contributed by atoms with van der Waals surface area (Å²) in [4.78, 5) is 20.3. The van der Waals surface area contributed by atoms with Crippen molar-refractivity contribution in [2.75, 3.05) is 11.9 Å². The smallest absolute Gasteiger partial charge is 0.257 e. The molecule has 0 fully saturated rings. The summed E-state index contributed by atoms with van der Waals surface area (Å²) in [5.41, 5.74) is 7.85. The van der Waals surface area contributed by atoms with Crippen LogP contribution in [-0.2, 0) is 0 Å². The van der Waals surface area contributed by atoms with Crippen LogP contribution < -0.4 is 11.1 Å². The highest BCUT2D eigenvalue weighted by atomic mass is 16.1. The molecule has 0 bridgehead atoms. The van der Waals surface area contributed by atoms with Gasteiger partial charge in [-0.2, -0.15) is 0 Å². The number of carbonyl (C=O) groups excluding carboxylic acids is 1. The van der Waals surface area contributed by atoms with Crippen molar-refractivity contribution in [1.82, 2.24) is 9.97 Å². The number of carbonyl (C=O) groups is 1. The van der Waals surface area contributed by atoms with E-state index in [4.69, 9.17) is 5.73 Å². The number of hydrogen-bond donors (Lipinski definition) is 2. The van der Waals surface area contributed by atoms with Crippen LogP contribution in [0.2, 0.25) is 0 Å². The third kappa shape index (κ3) is 3.40. The van der Waals surface area contributed by atoms with Gasteiger partial charge in [0.1, 0.15) is 0 Å². The molecule has 0 atom stereocenters. The van der Waals surface area contributed by atoms with E-state index in [-0.39, 0.29) is 12.5 Å². The molecule has 0 saturated carbocycles. The fourth-order valence-electron chi connectivity index (χ4n) is 1.60. The van der Waals surface area contributed by atoms with Crippen molar-refractivity contribution in [3.05, 3.63) is 53.6 Å². The number of nitrogens with one attached hydrogen (secondary N) is 1. The zero-order chi connectivity index (χ0) is 14.4. The van der Waals surface area contributed by atoms with Crippen molar-refractivity contribution in [2.45, 2.75) is 6.92 Å². The van der Waals surface area contributed by atoms with E-state index in [9.17, 15) is 4.79 Å². The predicted octanol–water partition coefficient (Wildman–Crippen LogP) is 1.35. The summed E-state index contributed by atoms with van der Waals surface area (Å²) in [7, 11) is 0. The molecule has 0 aliphatic heterocycles. The Labute approximate surface area is 117 Å². The van der Waals surface area contributed by atoms with Crippen LogP contribution in [0.25, 0.3) is 0 Å². The average molecular weight is 266 g/mol. The van der Waals surface area contributed by atoms with Gasteiger partial charge in [0, 0.05) is 24.2 Å². The van der Waals surface area contributed by atoms with Gasteiger partial charge in [0.05, 0.1) is 23.5 Å². The van der Waals surface area contributed by atoms with Crippen LogP contribution in [0.4, 0.5) is 5.69 Å². The van der Waals surface area contributed by atoms with Gasteiger partial charge in [0.25, 0.3) is 5.91 Å². The Morgan fingerprint density at radius 1 is 1.45 bits per heavy atom. The molecule has 0 aliphatic carbocycles. The molecule has 0 aliphatic rings. The van der Waals surface area contributed by atoms with Crippen molar-refractivity contribution >= 4 is 11.6 Å². The number of hydrogen-bond acceptors (Lipinski definition) is 4. The topological polar surface area (TPSA) is 80.9 Å². The molecular weight excluding hydrogens is 252 g/mol. The van der Waals surface area contributed by atoms with E-state index in [1.54, 1.807) is 30.6 Å². The summed E-state index contributed by atoms with van der Waals surface area (Å²) in [6.07, 6.45) is 4.76. The Morgan fingerprint density at radius 2 is 2.30 bits per heavy atom. The highest BCUT2D eigenvalue weighted by Gasteiger charge is 2.08. The van der Waals surface area contributed by atoms with E-state index >= 15 is 0 Å². The largest absolute Gasteiger partial charge is 0.320 e. The highest BCUT2D eigenvalue weighted by molar-refractivity contribution is 6.04. The van der Waals surface area contributed by atoms with Crippen molar-refractivity contribution in [3.63, 3.8) is 0 Å². The Kier molecular flexibility index (Phi) is 4.43. The van der Waals surface area contributed by atoms with Gasteiger partial charge in [-0.05, 0) is 25.1 Å². The van der Waals surface area contributed by atoms with Gasteiger partial charge in [0.2, 0.25) is 0 Å². The van der Waals surface area contributed by atoms with Crippen LogP contribution in [0, 0.1) is 18.8 Å². The maximum absolute atomic E-state index is 12.1. The van der Waals surface area contributed by atoms with Crippen LogP contribution in [0.5, 0.6) is 0 Å². The van der Waals surface area contributed by atoms with Crippen molar-refractivity contribution in [1.29, 1.82) is 0 Å². The van der Waals surface area contributed by atoms with Gasteiger partial charge in [-0.15, -0.1) is 0 Å². The SMILES string of the molecule is Cc1ncccc1NC(=O)c1cncc(C#CCN)c1. The fourth-order valence-corrected chi connectivity index (χ4v) is 1.60. The minimum absolute atomic E-state index is 0.245. The normalized spacial score (nSPS) is 9.50. The number of rotatable bonds is 2. The summed E-state index contributed by atoms with van der Waals surface area (Å²) >= 11 is 0. The zero-order valence-corrected chi connectivity index (χ0v) is 11.1. The molecule has 100 valence electrons. The van der Waals surface area contributed by atoms with Crippen LogP contribution in [-0.4, -0.2) is 22.4 Å². The average Bonchev–Trinajstić information content (AvgIpc) is 2.48. The number of pyridine rings is 2. The highest BCUT2D eigenvalue weighted by Crippen LogP contribution is 2.12. The zero-order valence-electron chi connectivity index (χ0n) is 11.1. The van der Waals surface area contributed by atoms with E-state index in [0.29, 0.717) is 16.8 Å². The van der Waals surface area contributed by atoms with E-state index in [1.807, 2.05) is 6.92 Å². The molecule has 2 aromatic rings. The van der Waals surface area contributed by atoms with Crippen LogP contribution in [0.15, 0.2) is 36.8 Å². The van der Waals surface area contributed by atoms with Crippen molar-refractivity contribution < 1.29 is 4.79 Å². The molecule has 5 nitrogen and oxygen atoms in total. The summed E-state index contributed by atoms with van der Waals surface area (Å²) in [5, 5.41) is 2.80. The van der Waals surface area contributed by atoms with Gasteiger partial charge in [-0.3, -0.25) is 14.8 Å². The Bertz CT molecular complexity index is 686. The first-order valence-electron chi connectivity index (χ1n) is 6.07. The number of amides is 1. The predicted molar refractivity (Wildman–Crippen MR) is 77.1 cm³/mol. The molecule has 0 saturated heterocycles. The minimum Gasteiger partial charge on any atom is -0.320 e. The summed E-state index contributed by atoms with van der Waals surface area (Å²) in [5.74, 6) is 5.33. The quantitative estimate of drug-likeness (QED) is 0.804. The molecule has 0 radical (unpaired) electrons. The maximum atomic E-state index is 12.1. The number of nitrogens with two attached hydrogens (primary N) is 1. The van der Waals surface area contributed by atoms with Gasteiger partial charge in [-0.1, -0.05) is 11.8 Å². The third-order valence-corrected chi connectivity index (χ3v) is 2.59. The Hall–Kier alpha value is -2.71. The van der Waals surface area contributed by atoms with Gasteiger partial charge in [-0.25, -0.2) is 0 Å². The molecule has 0 spiro atoms. The van der Waals surface area contributed by atoms with Crippen molar-refractivity contribution in [3.8, 4) is 11.8 Å². The monoisotopic (exact) mass is 266 g/mol. The molecule has 3 N–H and O–H groups in total. The van der Waals surface area contributed by atoms with E-state index in [0.717, 1.165) is 5.69 Å². The lowest BCUT2D eigenvalue weighted by atomic mass is 10.2. The molecular formula is C15H14N4O. The second kappa shape index (κ2) is 6.45. The van der Waals surface area contributed by atoms with Crippen LogP contribution in [0.1, 0.15) is 21.6 Å². The lowest BCUT2D eigenvalue weighted by molar-refractivity contribution is 0.102. The first-order valence-corrected chi connectivity index (χ1v) is 6.07. The van der Waals surface area contributed by atoms with E-state index in [1.165, 1.54) is 6.20 Å². The lowest BCUT2D eigenvalue weighted by Gasteiger charge is -2.07. The summed E-state index contributed by atoms with van der Waals surface area (Å²) in [6, 6.07) is 5.24. The minimum atomic E-state index is -0.245. The lowest BCUT2D eigenvalue weighted by Crippen LogP contribution is -2.13. The summed E-state index contributed by atoms with van der Waals surface area (Å²) < 4.78 is 0. The number of aromatic nitrogens is 2. The van der Waals surface area contributed by atoms with Gasteiger partial charge < -0.3 is 11.1 Å². The standard InChI is InChI=1S/C15H14N4O/c1-11-14(5-3-7-18-11)19-15(20)13-8-12(4-2-6-16)9-17-10-13/h3,5,7-10H,6,16H2,1H3,(H,19,20). The molecule has 20 heavy (non-hydrogen) atoms. The molecule has 2 aromatic heterocycles.